The van der Waals surface area contributed by atoms with Crippen molar-refractivity contribution in [3.05, 3.63) is 64.9 Å². The lowest BCUT2D eigenvalue weighted by atomic mass is 9.97. The fraction of sp³-hybridized carbons (Fsp3) is 0.407. The predicted octanol–water partition coefficient (Wildman–Crippen LogP) is 4.20. The van der Waals surface area contributed by atoms with Crippen LogP contribution in [0.4, 0.5) is 0 Å². The van der Waals surface area contributed by atoms with Gasteiger partial charge < -0.3 is 14.4 Å². The van der Waals surface area contributed by atoms with Crippen molar-refractivity contribution in [3.63, 3.8) is 0 Å². The Kier molecular flexibility index (Phi) is 6.72. The lowest BCUT2D eigenvalue weighted by Crippen LogP contribution is -2.40. The van der Waals surface area contributed by atoms with E-state index in [1.807, 2.05) is 50.2 Å². The molecule has 0 aromatic heterocycles. The number of nitrogens with zero attached hydrogens (tertiary/aromatic N) is 2. The van der Waals surface area contributed by atoms with Gasteiger partial charge in [-0.05, 0) is 61.9 Å². The number of para-hydroxylation sites is 1. The van der Waals surface area contributed by atoms with Crippen molar-refractivity contribution in [2.24, 2.45) is 5.92 Å². The number of benzene rings is 2. The highest BCUT2D eigenvalue weighted by Gasteiger charge is 2.42. The predicted molar refractivity (Wildman–Crippen MR) is 128 cm³/mol. The molecule has 0 bridgehead atoms. The number of carbonyl (C=O) groups excluding carboxylic acids is 2. The normalized spacial score (nSPS) is 18.8. The molecule has 0 spiro atoms. The molecular formula is C27H32N2O4. The third-order valence-corrected chi connectivity index (χ3v) is 6.27. The van der Waals surface area contributed by atoms with E-state index in [0.29, 0.717) is 28.5 Å². The number of piperidine rings is 1. The molecule has 0 saturated carbocycles. The van der Waals surface area contributed by atoms with Crippen LogP contribution in [0.3, 0.4) is 0 Å². The van der Waals surface area contributed by atoms with Crippen molar-refractivity contribution in [2.75, 3.05) is 33.4 Å². The van der Waals surface area contributed by atoms with Gasteiger partial charge >= 0.3 is 0 Å². The maximum Gasteiger partial charge on any atom is 0.277 e. The molecule has 1 saturated heterocycles. The number of carbonyl (C=O) groups is 2. The Morgan fingerprint density at radius 2 is 1.76 bits per heavy atom. The van der Waals surface area contributed by atoms with E-state index in [4.69, 9.17) is 9.47 Å². The number of hydrogen-bond donors (Lipinski definition) is 0. The molecule has 174 valence electrons. The zero-order valence-electron chi connectivity index (χ0n) is 19.9. The lowest BCUT2D eigenvalue weighted by molar-refractivity contribution is -0.138. The van der Waals surface area contributed by atoms with Crippen molar-refractivity contribution in [3.8, 4) is 11.5 Å². The van der Waals surface area contributed by atoms with E-state index in [2.05, 4.69) is 17.9 Å². The van der Waals surface area contributed by atoms with Crippen LogP contribution in [0.15, 0.2) is 48.2 Å². The Bertz CT molecular complexity index is 1070. The summed E-state index contributed by atoms with van der Waals surface area (Å²) in [6.07, 6.45) is 2.13. The fourth-order valence-electron chi connectivity index (χ4n) is 4.82. The van der Waals surface area contributed by atoms with Gasteiger partial charge in [0, 0.05) is 18.7 Å². The van der Waals surface area contributed by atoms with Crippen LogP contribution in [-0.2, 0) is 9.59 Å². The molecule has 0 N–H and O–H groups in total. The monoisotopic (exact) mass is 448 g/mol. The van der Waals surface area contributed by atoms with E-state index in [9.17, 15) is 9.59 Å². The quantitative estimate of drug-likeness (QED) is 0.594. The van der Waals surface area contributed by atoms with Crippen LogP contribution in [0.5, 0.6) is 11.5 Å². The number of aryl methyl sites for hydroxylation is 2. The summed E-state index contributed by atoms with van der Waals surface area (Å²) in [6.45, 7) is 8.18. The van der Waals surface area contributed by atoms with E-state index in [1.165, 1.54) is 4.90 Å². The standard InChI is InChI=1S/C27H32N2O4/c1-18-8-7-11-28(17-18)25-24(22-9-5-6-10-23(22)32-4)26(30)29(27(25)31)12-13-33-21-15-19(2)14-20(3)16-21/h5-6,9-10,14-16,18H,7-8,11-13,17H2,1-4H3. The molecule has 2 amide bonds. The van der Waals surface area contributed by atoms with Crippen molar-refractivity contribution in [1.82, 2.24) is 9.80 Å². The smallest absolute Gasteiger partial charge is 0.277 e. The second-order valence-electron chi connectivity index (χ2n) is 9.05. The molecule has 1 fully saturated rings. The minimum Gasteiger partial charge on any atom is -0.496 e. The SMILES string of the molecule is COc1ccccc1C1=C(N2CCCC(C)C2)C(=O)N(CCOc2cc(C)cc(C)c2)C1=O. The minimum atomic E-state index is -0.290. The summed E-state index contributed by atoms with van der Waals surface area (Å²) in [5.41, 5.74) is 3.80. The number of ether oxygens (including phenoxy) is 2. The highest BCUT2D eigenvalue weighted by atomic mass is 16.5. The van der Waals surface area contributed by atoms with Crippen LogP contribution in [-0.4, -0.2) is 55.0 Å². The average molecular weight is 449 g/mol. The molecule has 2 aliphatic rings. The van der Waals surface area contributed by atoms with Crippen molar-refractivity contribution >= 4 is 17.4 Å². The third kappa shape index (κ3) is 4.75. The number of likely N-dealkylation sites (tertiary alicyclic amines) is 1. The number of rotatable bonds is 7. The summed E-state index contributed by atoms with van der Waals surface area (Å²) in [4.78, 5) is 30.5. The van der Waals surface area contributed by atoms with Crippen LogP contribution in [0.25, 0.3) is 5.57 Å². The van der Waals surface area contributed by atoms with Crippen molar-refractivity contribution < 1.29 is 19.1 Å². The van der Waals surface area contributed by atoms with Crippen molar-refractivity contribution in [1.29, 1.82) is 0 Å². The number of imide groups is 1. The molecule has 2 aliphatic heterocycles. The van der Waals surface area contributed by atoms with Gasteiger partial charge in [-0.3, -0.25) is 14.5 Å². The first-order valence-electron chi connectivity index (χ1n) is 11.6. The fourth-order valence-corrected chi connectivity index (χ4v) is 4.82. The molecule has 2 aromatic carbocycles. The van der Waals surface area contributed by atoms with Crippen molar-refractivity contribution in [2.45, 2.75) is 33.6 Å². The molecule has 2 heterocycles. The van der Waals surface area contributed by atoms with Gasteiger partial charge in [-0.25, -0.2) is 0 Å². The Morgan fingerprint density at radius 1 is 1.03 bits per heavy atom. The van der Waals surface area contributed by atoms with Gasteiger partial charge in [0.05, 0.1) is 19.2 Å². The summed E-state index contributed by atoms with van der Waals surface area (Å²) in [5, 5.41) is 0. The minimum absolute atomic E-state index is 0.191. The summed E-state index contributed by atoms with van der Waals surface area (Å²) >= 11 is 0. The third-order valence-electron chi connectivity index (χ3n) is 6.27. The average Bonchev–Trinajstić information content (AvgIpc) is 3.03. The van der Waals surface area contributed by atoms with Crippen LogP contribution >= 0.6 is 0 Å². The Labute approximate surface area is 195 Å². The van der Waals surface area contributed by atoms with Crippen LogP contribution in [0.2, 0.25) is 0 Å². The first-order chi connectivity index (χ1) is 15.9. The van der Waals surface area contributed by atoms with Gasteiger partial charge in [0.15, 0.2) is 0 Å². The molecule has 2 aromatic rings. The zero-order valence-corrected chi connectivity index (χ0v) is 19.9. The van der Waals surface area contributed by atoms with Gasteiger partial charge in [-0.15, -0.1) is 0 Å². The lowest BCUT2D eigenvalue weighted by Gasteiger charge is -2.33. The maximum absolute atomic E-state index is 13.6. The zero-order chi connectivity index (χ0) is 23.5. The molecule has 6 heteroatoms. The Balaban J connectivity index is 1.61. The molecule has 0 radical (unpaired) electrons. The van der Waals surface area contributed by atoms with Crippen LogP contribution in [0.1, 0.15) is 36.5 Å². The second-order valence-corrected chi connectivity index (χ2v) is 9.05. The molecular weight excluding hydrogens is 416 g/mol. The van der Waals surface area contributed by atoms with Gasteiger partial charge in [-0.1, -0.05) is 31.2 Å². The number of hydrogen-bond acceptors (Lipinski definition) is 5. The van der Waals surface area contributed by atoms with E-state index in [-0.39, 0.29) is 25.0 Å². The molecule has 4 rings (SSSR count). The van der Waals surface area contributed by atoms with E-state index in [1.54, 1.807) is 7.11 Å². The van der Waals surface area contributed by atoms with Gasteiger partial charge in [0.25, 0.3) is 11.8 Å². The van der Waals surface area contributed by atoms with Gasteiger partial charge in [0.2, 0.25) is 0 Å². The second kappa shape index (κ2) is 9.69. The maximum atomic E-state index is 13.6. The van der Waals surface area contributed by atoms with Crippen LogP contribution in [0, 0.1) is 19.8 Å². The first-order valence-corrected chi connectivity index (χ1v) is 11.6. The first kappa shape index (κ1) is 22.9. The summed E-state index contributed by atoms with van der Waals surface area (Å²) < 4.78 is 11.4. The van der Waals surface area contributed by atoms with E-state index < -0.39 is 0 Å². The van der Waals surface area contributed by atoms with E-state index in [0.717, 1.165) is 42.8 Å². The molecule has 1 atom stereocenters. The number of methoxy groups -OCH3 is 1. The molecule has 1 unspecified atom stereocenters. The highest BCUT2D eigenvalue weighted by Crippen LogP contribution is 2.37. The molecule has 0 aliphatic carbocycles. The largest absolute Gasteiger partial charge is 0.496 e. The van der Waals surface area contributed by atoms with E-state index >= 15 is 0 Å². The summed E-state index contributed by atoms with van der Waals surface area (Å²) in [7, 11) is 1.58. The number of amides is 2. The van der Waals surface area contributed by atoms with Crippen LogP contribution < -0.4 is 9.47 Å². The highest BCUT2D eigenvalue weighted by molar-refractivity contribution is 6.36. The summed E-state index contributed by atoms with van der Waals surface area (Å²) in [6, 6.07) is 13.4. The van der Waals surface area contributed by atoms with Gasteiger partial charge in [-0.2, -0.15) is 0 Å². The Morgan fingerprint density at radius 3 is 2.45 bits per heavy atom. The topological polar surface area (TPSA) is 59.1 Å². The van der Waals surface area contributed by atoms with Gasteiger partial charge in [0.1, 0.15) is 23.8 Å². The Hall–Kier alpha value is -3.28. The summed E-state index contributed by atoms with van der Waals surface area (Å²) in [5.74, 6) is 1.26. The molecule has 33 heavy (non-hydrogen) atoms. The molecule has 6 nitrogen and oxygen atoms in total.